The van der Waals surface area contributed by atoms with Crippen molar-refractivity contribution in [2.24, 2.45) is 0 Å². The summed E-state index contributed by atoms with van der Waals surface area (Å²) in [7, 11) is 0. The van der Waals surface area contributed by atoms with Gasteiger partial charge in [-0.25, -0.2) is 0 Å². The van der Waals surface area contributed by atoms with Gasteiger partial charge in [-0.3, -0.25) is 14.7 Å². The van der Waals surface area contributed by atoms with Crippen LogP contribution in [-0.2, 0) is 17.1 Å². The first-order chi connectivity index (χ1) is 12.2. The largest absolute Gasteiger partial charge is 0.339 e. The lowest BCUT2D eigenvalue weighted by atomic mass is 10.2. The maximum atomic E-state index is 12.4. The molecule has 1 aromatic heterocycles. The fourth-order valence-corrected chi connectivity index (χ4v) is 3.97. The molecule has 1 amide bonds. The minimum atomic E-state index is 0.230. The first-order valence-electron chi connectivity index (χ1n) is 8.42. The molecule has 0 saturated carbocycles. The van der Waals surface area contributed by atoms with Crippen LogP contribution in [0.3, 0.4) is 0 Å². The second kappa shape index (κ2) is 9.22. The SMILES string of the molecule is O=C(CSCc1cccc(Cl)c1)N1CCN(Cc2cccnc2)CC1. The molecule has 132 valence electrons. The van der Waals surface area contributed by atoms with Crippen LogP contribution in [0.2, 0.25) is 5.02 Å². The molecule has 1 aliphatic heterocycles. The number of carbonyl (C=O) groups is 1. The molecule has 1 saturated heterocycles. The molecule has 1 fully saturated rings. The van der Waals surface area contributed by atoms with E-state index in [2.05, 4.69) is 16.0 Å². The van der Waals surface area contributed by atoms with Gasteiger partial charge < -0.3 is 4.90 Å². The normalized spacial score (nSPS) is 15.3. The Kier molecular flexibility index (Phi) is 6.73. The molecule has 1 aromatic carbocycles. The molecule has 0 N–H and O–H groups in total. The predicted molar refractivity (Wildman–Crippen MR) is 104 cm³/mol. The third-order valence-corrected chi connectivity index (χ3v) is 5.46. The van der Waals surface area contributed by atoms with Gasteiger partial charge in [0, 0.05) is 55.9 Å². The number of benzene rings is 1. The molecule has 6 heteroatoms. The van der Waals surface area contributed by atoms with Crippen LogP contribution >= 0.6 is 23.4 Å². The van der Waals surface area contributed by atoms with Crippen LogP contribution in [0.25, 0.3) is 0 Å². The smallest absolute Gasteiger partial charge is 0.232 e. The Bertz CT molecular complexity index is 690. The van der Waals surface area contributed by atoms with E-state index < -0.39 is 0 Å². The molecule has 1 aliphatic rings. The number of nitrogens with zero attached hydrogens (tertiary/aromatic N) is 3. The van der Waals surface area contributed by atoms with Crippen LogP contribution in [-0.4, -0.2) is 52.6 Å². The number of hydrogen-bond acceptors (Lipinski definition) is 4. The quantitative estimate of drug-likeness (QED) is 0.776. The Hall–Kier alpha value is -1.56. The fraction of sp³-hybridized carbons (Fsp3) is 0.368. The van der Waals surface area contributed by atoms with Crippen LogP contribution in [0.1, 0.15) is 11.1 Å². The summed E-state index contributed by atoms with van der Waals surface area (Å²) in [5, 5.41) is 0.745. The van der Waals surface area contributed by atoms with Crippen LogP contribution in [0, 0.1) is 0 Å². The van der Waals surface area contributed by atoms with Crippen molar-refractivity contribution in [1.29, 1.82) is 0 Å². The Morgan fingerprint density at radius 1 is 1.12 bits per heavy atom. The number of thioether (sulfide) groups is 1. The average Bonchev–Trinajstić information content (AvgIpc) is 2.63. The third kappa shape index (κ3) is 5.73. The highest BCUT2D eigenvalue weighted by Crippen LogP contribution is 2.17. The number of hydrogen-bond donors (Lipinski definition) is 0. The minimum Gasteiger partial charge on any atom is -0.339 e. The highest BCUT2D eigenvalue weighted by molar-refractivity contribution is 7.99. The van der Waals surface area contributed by atoms with Gasteiger partial charge in [-0.15, -0.1) is 11.8 Å². The van der Waals surface area contributed by atoms with Gasteiger partial charge in [-0.1, -0.05) is 29.8 Å². The van der Waals surface area contributed by atoms with Gasteiger partial charge in [0.2, 0.25) is 5.91 Å². The molecule has 0 radical (unpaired) electrons. The van der Waals surface area contributed by atoms with Crippen LogP contribution in [0.4, 0.5) is 0 Å². The molecule has 25 heavy (non-hydrogen) atoms. The number of rotatable bonds is 6. The number of aromatic nitrogens is 1. The van der Waals surface area contributed by atoms with Gasteiger partial charge >= 0.3 is 0 Å². The van der Waals surface area contributed by atoms with E-state index in [-0.39, 0.29) is 5.91 Å². The standard InChI is InChI=1S/C19H22ClN3OS/c20-18-5-1-3-16(11-18)14-25-15-19(24)23-9-7-22(8-10-23)13-17-4-2-6-21-12-17/h1-6,11-12H,7-10,13-15H2. The van der Waals surface area contributed by atoms with Crippen LogP contribution < -0.4 is 0 Å². The van der Waals surface area contributed by atoms with Crippen molar-refractivity contribution in [2.45, 2.75) is 12.3 Å². The summed E-state index contributed by atoms with van der Waals surface area (Å²) in [6, 6.07) is 11.9. The van der Waals surface area contributed by atoms with E-state index in [1.54, 1.807) is 18.0 Å². The van der Waals surface area contributed by atoms with Crippen LogP contribution in [0.5, 0.6) is 0 Å². The maximum absolute atomic E-state index is 12.4. The zero-order valence-electron chi connectivity index (χ0n) is 14.1. The average molecular weight is 376 g/mol. The molecule has 4 nitrogen and oxygen atoms in total. The summed E-state index contributed by atoms with van der Waals surface area (Å²) in [5.41, 5.74) is 2.38. The molecular formula is C19H22ClN3OS. The van der Waals surface area contributed by atoms with E-state index >= 15 is 0 Å². The number of piperazine rings is 1. The van der Waals surface area contributed by atoms with Crippen molar-refractivity contribution in [3.63, 3.8) is 0 Å². The first kappa shape index (κ1) is 18.2. The van der Waals surface area contributed by atoms with Gasteiger partial charge in [0.25, 0.3) is 0 Å². The van der Waals surface area contributed by atoms with Gasteiger partial charge in [0.15, 0.2) is 0 Å². The minimum absolute atomic E-state index is 0.230. The number of halogens is 1. The molecule has 0 atom stereocenters. The second-order valence-electron chi connectivity index (χ2n) is 6.14. The highest BCUT2D eigenvalue weighted by Gasteiger charge is 2.20. The molecule has 0 unspecified atom stereocenters. The van der Waals surface area contributed by atoms with E-state index in [9.17, 15) is 4.79 Å². The van der Waals surface area contributed by atoms with Crippen LogP contribution in [0.15, 0.2) is 48.8 Å². The van der Waals surface area contributed by atoms with Gasteiger partial charge in [-0.05, 0) is 29.3 Å². The topological polar surface area (TPSA) is 36.4 Å². The Balaban J connectivity index is 1.38. The van der Waals surface area contributed by atoms with Crippen molar-refractivity contribution in [3.8, 4) is 0 Å². The van der Waals surface area contributed by atoms with E-state index in [1.165, 1.54) is 5.56 Å². The summed E-state index contributed by atoms with van der Waals surface area (Å²) < 4.78 is 0. The molecular weight excluding hydrogens is 354 g/mol. The summed E-state index contributed by atoms with van der Waals surface area (Å²) >= 11 is 7.64. The second-order valence-corrected chi connectivity index (χ2v) is 7.56. The number of amides is 1. The molecule has 2 heterocycles. The first-order valence-corrected chi connectivity index (χ1v) is 9.95. The lowest BCUT2D eigenvalue weighted by Crippen LogP contribution is -2.48. The van der Waals surface area contributed by atoms with Gasteiger partial charge in [0.1, 0.15) is 0 Å². The third-order valence-electron chi connectivity index (χ3n) is 4.24. The fourth-order valence-electron chi connectivity index (χ4n) is 2.88. The van der Waals surface area contributed by atoms with Crippen molar-refractivity contribution in [3.05, 3.63) is 64.9 Å². The summed E-state index contributed by atoms with van der Waals surface area (Å²) in [5.74, 6) is 1.57. The zero-order valence-corrected chi connectivity index (χ0v) is 15.7. The van der Waals surface area contributed by atoms with Crippen molar-refractivity contribution in [1.82, 2.24) is 14.8 Å². The van der Waals surface area contributed by atoms with Crippen molar-refractivity contribution in [2.75, 3.05) is 31.9 Å². The lowest BCUT2D eigenvalue weighted by Gasteiger charge is -2.34. The lowest BCUT2D eigenvalue weighted by molar-refractivity contribution is -0.130. The Morgan fingerprint density at radius 3 is 2.64 bits per heavy atom. The van der Waals surface area contributed by atoms with Crippen molar-refractivity contribution < 1.29 is 4.79 Å². The highest BCUT2D eigenvalue weighted by atomic mass is 35.5. The molecule has 2 aromatic rings. The monoisotopic (exact) mass is 375 g/mol. The van der Waals surface area contributed by atoms with Gasteiger partial charge in [0.05, 0.1) is 5.75 Å². The molecule has 3 rings (SSSR count). The summed E-state index contributed by atoms with van der Waals surface area (Å²) in [6.45, 7) is 4.34. The molecule has 0 bridgehead atoms. The summed E-state index contributed by atoms with van der Waals surface area (Å²) in [6.07, 6.45) is 3.70. The van der Waals surface area contributed by atoms with E-state index in [4.69, 9.17) is 11.6 Å². The maximum Gasteiger partial charge on any atom is 0.232 e. The van der Waals surface area contributed by atoms with E-state index in [0.29, 0.717) is 5.75 Å². The predicted octanol–water partition coefficient (Wildman–Crippen LogP) is 3.31. The zero-order chi connectivity index (χ0) is 17.5. The van der Waals surface area contributed by atoms with Gasteiger partial charge in [-0.2, -0.15) is 0 Å². The summed E-state index contributed by atoms with van der Waals surface area (Å²) in [4.78, 5) is 20.9. The number of carbonyl (C=O) groups excluding carboxylic acids is 1. The molecule has 0 spiro atoms. The number of pyridine rings is 1. The van der Waals surface area contributed by atoms with E-state index in [1.807, 2.05) is 41.4 Å². The molecule has 0 aliphatic carbocycles. The Morgan fingerprint density at radius 2 is 1.92 bits per heavy atom. The van der Waals surface area contributed by atoms with Crippen molar-refractivity contribution >= 4 is 29.3 Å². The Labute approximate surface area is 158 Å². The van der Waals surface area contributed by atoms with E-state index in [0.717, 1.165) is 49.1 Å².